The molecule has 1 amide bonds. The van der Waals surface area contributed by atoms with Crippen molar-refractivity contribution in [2.24, 2.45) is 11.7 Å². The van der Waals surface area contributed by atoms with Gasteiger partial charge in [0.2, 0.25) is 5.91 Å². The van der Waals surface area contributed by atoms with Gasteiger partial charge in [0.1, 0.15) is 0 Å². The standard InChI is InChI=1S/C10H18N2O/c11-9(13)10(5-1-2-6-10)12-7-8-3-4-8/h8,12H,1-7H2,(H2,11,13). The maximum Gasteiger partial charge on any atom is 0.237 e. The molecule has 13 heavy (non-hydrogen) atoms. The van der Waals surface area contributed by atoms with E-state index in [2.05, 4.69) is 5.32 Å². The van der Waals surface area contributed by atoms with Gasteiger partial charge in [0.05, 0.1) is 5.54 Å². The second-order valence-corrected chi connectivity index (χ2v) is 4.48. The molecule has 0 aromatic rings. The Morgan fingerprint density at radius 2 is 2.00 bits per heavy atom. The highest BCUT2D eigenvalue weighted by Gasteiger charge is 2.40. The van der Waals surface area contributed by atoms with Crippen molar-refractivity contribution >= 4 is 5.91 Å². The van der Waals surface area contributed by atoms with E-state index in [4.69, 9.17) is 5.73 Å². The van der Waals surface area contributed by atoms with Gasteiger partial charge in [0.15, 0.2) is 0 Å². The van der Waals surface area contributed by atoms with E-state index in [0.29, 0.717) is 0 Å². The first-order valence-electron chi connectivity index (χ1n) is 5.28. The molecule has 0 aliphatic heterocycles. The van der Waals surface area contributed by atoms with Crippen LogP contribution in [0.2, 0.25) is 0 Å². The highest BCUT2D eigenvalue weighted by molar-refractivity contribution is 5.85. The van der Waals surface area contributed by atoms with E-state index in [1.165, 1.54) is 12.8 Å². The number of rotatable bonds is 4. The zero-order valence-corrected chi connectivity index (χ0v) is 8.01. The quantitative estimate of drug-likeness (QED) is 0.675. The molecule has 0 radical (unpaired) electrons. The first kappa shape index (κ1) is 9.00. The summed E-state index contributed by atoms with van der Waals surface area (Å²) in [5.74, 6) is 0.669. The number of nitrogens with one attached hydrogen (secondary N) is 1. The summed E-state index contributed by atoms with van der Waals surface area (Å²) in [4.78, 5) is 11.3. The van der Waals surface area contributed by atoms with Crippen LogP contribution in [0.15, 0.2) is 0 Å². The predicted octanol–water partition coefficient (Wildman–Crippen LogP) is 0.784. The van der Waals surface area contributed by atoms with E-state index in [-0.39, 0.29) is 11.4 Å². The molecule has 74 valence electrons. The molecule has 2 rings (SSSR count). The van der Waals surface area contributed by atoms with Gasteiger partial charge in [-0.25, -0.2) is 0 Å². The average Bonchev–Trinajstić information content (AvgIpc) is 2.80. The SMILES string of the molecule is NC(=O)C1(NCC2CC2)CCCC1. The third-order valence-corrected chi connectivity index (χ3v) is 3.35. The Hall–Kier alpha value is -0.570. The summed E-state index contributed by atoms with van der Waals surface area (Å²) in [7, 11) is 0. The largest absolute Gasteiger partial charge is 0.368 e. The molecular formula is C10H18N2O. The Kier molecular flexibility index (Phi) is 2.28. The van der Waals surface area contributed by atoms with Gasteiger partial charge < -0.3 is 11.1 Å². The molecule has 0 heterocycles. The number of nitrogens with two attached hydrogens (primary N) is 1. The van der Waals surface area contributed by atoms with Crippen LogP contribution in [0, 0.1) is 5.92 Å². The molecule has 2 saturated carbocycles. The number of primary amides is 1. The highest BCUT2D eigenvalue weighted by atomic mass is 16.1. The Morgan fingerprint density at radius 1 is 1.38 bits per heavy atom. The molecule has 2 aliphatic rings. The Morgan fingerprint density at radius 3 is 2.46 bits per heavy atom. The van der Waals surface area contributed by atoms with E-state index in [9.17, 15) is 4.79 Å². The van der Waals surface area contributed by atoms with E-state index < -0.39 is 0 Å². The topological polar surface area (TPSA) is 55.1 Å². The lowest BCUT2D eigenvalue weighted by atomic mass is 9.96. The van der Waals surface area contributed by atoms with Crippen LogP contribution in [0.1, 0.15) is 38.5 Å². The Bertz CT molecular complexity index is 205. The van der Waals surface area contributed by atoms with Crippen LogP contribution in [0.5, 0.6) is 0 Å². The van der Waals surface area contributed by atoms with Crippen LogP contribution >= 0.6 is 0 Å². The molecule has 2 fully saturated rings. The maximum absolute atomic E-state index is 11.3. The summed E-state index contributed by atoms with van der Waals surface area (Å²) >= 11 is 0. The van der Waals surface area contributed by atoms with Crippen molar-refractivity contribution in [3.63, 3.8) is 0 Å². The minimum absolute atomic E-state index is 0.148. The van der Waals surface area contributed by atoms with E-state index in [1.807, 2.05) is 0 Å². The molecule has 3 N–H and O–H groups in total. The number of carbonyl (C=O) groups is 1. The molecule has 0 aromatic carbocycles. The van der Waals surface area contributed by atoms with E-state index in [1.54, 1.807) is 0 Å². The van der Waals surface area contributed by atoms with Gasteiger partial charge in [-0.2, -0.15) is 0 Å². The number of hydrogen-bond donors (Lipinski definition) is 2. The molecule has 0 unspecified atom stereocenters. The monoisotopic (exact) mass is 182 g/mol. The van der Waals surface area contributed by atoms with Crippen molar-refractivity contribution in [3.05, 3.63) is 0 Å². The normalized spacial score (nSPS) is 26.2. The maximum atomic E-state index is 11.3. The number of hydrogen-bond acceptors (Lipinski definition) is 2. The zero-order chi connectivity index (χ0) is 9.31. The van der Waals surface area contributed by atoms with Crippen molar-refractivity contribution < 1.29 is 4.79 Å². The highest BCUT2D eigenvalue weighted by Crippen LogP contribution is 2.32. The van der Waals surface area contributed by atoms with Gasteiger partial charge in [0, 0.05) is 0 Å². The Labute approximate surface area is 79.1 Å². The number of amides is 1. The fourth-order valence-electron chi connectivity index (χ4n) is 2.15. The smallest absolute Gasteiger partial charge is 0.237 e. The first-order valence-corrected chi connectivity index (χ1v) is 5.28. The second kappa shape index (κ2) is 3.29. The zero-order valence-electron chi connectivity index (χ0n) is 8.01. The fourth-order valence-corrected chi connectivity index (χ4v) is 2.15. The molecule has 0 spiro atoms. The summed E-state index contributed by atoms with van der Waals surface area (Å²) in [6, 6.07) is 0. The van der Waals surface area contributed by atoms with Crippen LogP contribution in [0.4, 0.5) is 0 Å². The molecule has 0 bridgehead atoms. The summed E-state index contributed by atoms with van der Waals surface area (Å²) < 4.78 is 0. The van der Waals surface area contributed by atoms with Crippen LogP contribution in [0.25, 0.3) is 0 Å². The molecule has 3 heteroatoms. The average molecular weight is 182 g/mol. The van der Waals surface area contributed by atoms with Crippen molar-refractivity contribution in [2.75, 3.05) is 6.54 Å². The van der Waals surface area contributed by atoms with E-state index in [0.717, 1.165) is 38.1 Å². The molecule has 0 atom stereocenters. The first-order chi connectivity index (χ1) is 6.23. The summed E-state index contributed by atoms with van der Waals surface area (Å²) in [5, 5.41) is 3.38. The van der Waals surface area contributed by atoms with Crippen LogP contribution < -0.4 is 11.1 Å². The predicted molar refractivity (Wildman–Crippen MR) is 51.1 cm³/mol. The second-order valence-electron chi connectivity index (χ2n) is 4.48. The van der Waals surface area contributed by atoms with Crippen LogP contribution in [-0.2, 0) is 4.79 Å². The van der Waals surface area contributed by atoms with E-state index >= 15 is 0 Å². The van der Waals surface area contributed by atoms with Gasteiger partial charge in [0.25, 0.3) is 0 Å². The van der Waals surface area contributed by atoms with Gasteiger partial charge in [-0.15, -0.1) is 0 Å². The third-order valence-electron chi connectivity index (χ3n) is 3.35. The molecule has 2 aliphatic carbocycles. The van der Waals surface area contributed by atoms with Gasteiger partial charge in [-0.3, -0.25) is 4.79 Å². The fraction of sp³-hybridized carbons (Fsp3) is 0.900. The summed E-state index contributed by atoms with van der Waals surface area (Å²) in [5.41, 5.74) is 5.09. The van der Waals surface area contributed by atoms with Crippen LogP contribution in [0.3, 0.4) is 0 Å². The van der Waals surface area contributed by atoms with Gasteiger partial charge >= 0.3 is 0 Å². The van der Waals surface area contributed by atoms with Crippen molar-refractivity contribution in [2.45, 2.75) is 44.1 Å². The lowest BCUT2D eigenvalue weighted by Crippen LogP contribution is -2.54. The molecule has 0 aromatic heterocycles. The van der Waals surface area contributed by atoms with Crippen LogP contribution in [-0.4, -0.2) is 18.0 Å². The van der Waals surface area contributed by atoms with Crippen molar-refractivity contribution in [1.82, 2.24) is 5.32 Å². The van der Waals surface area contributed by atoms with Crippen molar-refractivity contribution in [3.8, 4) is 0 Å². The molecule has 3 nitrogen and oxygen atoms in total. The lowest BCUT2D eigenvalue weighted by Gasteiger charge is -2.26. The molecular weight excluding hydrogens is 164 g/mol. The summed E-state index contributed by atoms with van der Waals surface area (Å²) in [6.07, 6.45) is 6.80. The Balaban J connectivity index is 1.91. The summed E-state index contributed by atoms with van der Waals surface area (Å²) in [6.45, 7) is 0.989. The van der Waals surface area contributed by atoms with Crippen molar-refractivity contribution in [1.29, 1.82) is 0 Å². The third kappa shape index (κ3) is 1.85. The molecule has 0 saturated heterocycles. The minimum Gasteiger partial charge on any atom is -0.368 e. The number of carbonyl (C=O) groups excluding carboxylic acids is 1. The van der Waals surface area contributed by atoms with Gasteiger partial charge in [-0.05, 0) is 38.1 Å². The minimum atomic E-state index is -0.345. The lowest BCUT2D eigenvalue weighted by molar-refractivity contribution is -0.124. The van der Waals surface area contributed by atoms with Gasteiger partial charge in [-0.1, -0.05) is 12.8 Å².